The smallest absolute Gasteiger partial charge is 0.335 e. The lowest BCUT2D eigenvalue weighted by molar-refractivity contribution is 0.0695. The molecule has 266 valence electrons. The summed E-state index contributed by atoms with van der Waals surface area (Å²) in [5.74, 6) is -0.0735. The van der Waals surface area contributed by atoms with Crippen LogP contribution < -0.4 is 19.3 Å². The third-order valence-electron chi connectivity index (χ3n) is 10.2. The first-order valence-corrected chi connectivity index (χ1v) is 17.9. The van der Waals surface area contributed by atoms with Crippen LogP contribution in [0.2, 0.25) is 10.0 Å². The number of aromatic nitrogens is 3. The number of carbonyl (C=O) groups is 2. The van der Waals surface area contributed by atoms with Crippen LogP contribution in [0.1, 0.15) is 61.8 Å². The Bertz CT molecular complexity index is 2220. The highest BCUT2D eigenvalue weighted by Crippen LogP contribution is 2.46. The second kappa shape index (κ2) is 13.5. The number of hydrogen-bond acceptors (Lipinski definition) is 6. The standard InChI is InChI=1S/C39H41Cl2N5O5/c1-21-17-26(18-22(2)34(21)41)50-15-7-9-27-28-10-11-29(40)33(32-23(3)42-44(6)24(32)4)35(28)46-13-8-12-45(38(47)36(27)46)30-19-25(39(48)49)20-31-37(30)43(5)14-16-51-31/h10-11,17-20H,7-9,12-16H2,1-6H3,(H,48,49). The van der Waals surface area contributed by atoms with Gasteiger partial charge in [0.2, 0.25) is 0 Å². The van der Waals surface area contributed by atoms with Crippen LogP contribution in [0, 0.1) is 27.7 Å². The van der Waals surface area contributed by atoms with Crippen molar-refractivity contribution in [2.45, 2.75) is 53.5 Å². The Hall–Kier alpha value is -4.67. The Morgan fingerprint density at radius 2 is 1.75 bits per heavy atom. The maximum atomic E-state index is 15.1. The van der Waals surface area contributed by atoms with Gasteiger partial charge in [0, 0.05) is 54.4 Å². The molecule has 1 amide bonds. The van der Waals surface area contributed by atoms with E-state index in [1.54, 1.807) is 11.0 Å². The number of halogens is 2. The predicted molar refractivity (Wildman–Crippen MR) is 202 cm³/mol. The number of carbonyl (C=O) groups excluding carboxylic acids is 1. The number of fused-ring (bicyclic) bond motifs is 4. The van der Waals surface area contributed by atoms with Crippen LogP contribution >= 0.6 is 23.2 Å². The van der Waals surface area contributed by atoms with E-state index >= 15 is 4.79 Å². The lowest BCUT2D eigenvalue weighted by Gasteiger charge is -2.33. The van der Waals surface area contributed by atoms with E-state index in [0.717, 1.165) is 60.9 Å². The summed E-state index contributed by atoms with van der Waals surface area (Å²) in [6, 6.07) is 10.9. The second-order valence-electron chi connectivity index (χ2n) is 13.5. The number of carboxylic acids is 1. The van der Waals surface area contributed by atoms with E-state index in [-0.39, 0.29) is 11.5 Å². The van der Waals surface area contributed by atoms with Crippen molar-refractivity contribution in [2.75, 3.05) is 43.2 Å². The summed E-state index contributed by atoms with van der Waals surface area (Å²) >= 11 is 13.5. The number of rotatable bonds is 8. The van der Waals surface area contributed by atoms with Gasteiger partial charge in [0.15, 0.2) is 0 Å². The van der Waals surface area contributed by atoms with Gasteiger partial charge in [0.05, 0.1) is 40.6 Å². The first kappa shape index (κ1) is 34.8. The van der Waals surface area contributed by atoms with Crippen molar-refractivity contribution >= 4 is 57.4 Å². The molecule has 0 atom stereocenters. The van der Waals surface area contributed by atoms with Crippen molar-refractivity contribution in [3.05, 3.63) is 85.8 Å². The van der Waals surface area contributed by atoms with Gasteiger partial charge in [0.1, 0.15) is 29.5 Å². The number of likely N-dealkylation sites (N-methyl/N-ethyl adjacent to an activating group) is 1. The summed E-state index contributed by atoms with van der Waals surface area (Å²) < 4.78 is 16.1. The van der Waals surface area contributed by atoms with Gasteiger partial charge in [-0.25, -0.2) is 4.79 Å². The molecule has 0 spiro atoms. The maximum Gasteiger partial charge on any atom is 0.335 e. The van der Waals surface area contributed by atoms with Crippen LogP contribution in [-0.2, 0) is 20.0 Å². The normalized spacial score (nSPS) is 14.4. The van der Waals surface area contributed by atoms with Crippen molar-refractivity contribution < 1.29 is 24.2 Å². The molecule has 51 heavy (non-hydrogen) atoms. The molecule has 3 aromatic carbocycles. The number of aromatic carboxylic acids is 1. The molecule has 0 radical (unpaired) electrons. The van der Waals surface area contributed by atoms with Gasteiger partial charge in [0.25, 0.3) is 5.91 Å². The molecule has 12 heteroatoms. The number of ether oxygens (including phenoxy) is 2. The summed E-state index contributed by atoms with van der Waals surface area (Å²) in [6.07, 6.45) is 1.84. The first-order chi connectivity index (χ1) is 24.4. The number of nitrogens with zero attached hydrogens (tertiary/aromatic N) is 5. The number of amides is 1. The second-order valence-corrected chi connectivity index (χ2v) is 14.3. The van der Waals surface area contributed by atoms with Crippen LogP contribution in [0.4, 0.5) is 11.4 Å². The molecule has 0 aliphatic carbocycles. The monoisotopic (exact) mass is 729 g/mol. The molecule has 0 saturated carbocycles. The molecule has 1 N–H and O–H groups in total. The number of carboxylic acid groups (broad SMARTS) is 1. The zero-order valence-electron chi connectivity index (χ0n) is 29.7. The van der Waals surface area contributed by atoms with E-state index in [4.69, 9.17) is 37.8 Å². The van der Waals surface area contributed by atoms with Crippen LogP contribution in [0.25, 0.3) is 22.0 Å². The average molecular weight is 731 g/mol. The Balaban J connectivity index is 1.38. The van der Waals surface area contributed by atoms with Gasteiger partial charge in [-0.2, -0.15) is 5.10 Å². The highest BCUT2D eigenvalue weighted by Gasteiger charge is 2.35. The quantitative estimate of drug-likeness (QED) is 0.161. The molecule has 0 bridgehead atoms. The molecule has 0 saturated heterocycles. The molecule has 7 rings (SSSR count). The molecule has 2 aliphatic rings. The van der Waals surface area contributed by atoms with E-state index < -0.39 is 5.97 Å². The van der Waals surface area contributed by atoms with Crippen LogP contribution in [-0.4, -0.2) is 64.7 Å². The molecule has 2 aliphatic heterocycles. The van der Waals surface area contributed by atoms with Gasteiger partial charge in [-0.15, -0.1) is 0 Å². The molecular weight excluding hydrogens is 689 g/mol. The van der Waals surface area contributed by atoms with E-state index in [1.165, 1.54) is 6.07 Å². The van der Waals surface area contributed by atoms with E-state index in [0.29, 0.717) is 80.0 Å². The van der Waals surface area contributed by atoms with Crippen molar-refractivity contribution in [2.24, 2.45) is 7.05 Å². The lowest BCUT2D eigenvalue weighted by Crippen LogP contribution is -2.36. The average Bonchev–Trinajstić information content (AvgIpc) is 3.46. The Morgan fingerprint density at radius 1 is 1.00 bits per heavy atom. The topological polar surface area (TPSA) is 102 Å². The largest absolute Gasteiger partial charge is 0.494 e. The molecule has 0 unspecified atom stereocenters. The summed E-state index contributed by atoms with van der Waals surface area (Å²) in [4.78, 5) is 31.2. The molecule has 2 aromatic heterocycles. The number of hydrogen-bond donors (Lipinski definition) is 1. The molecule has 5 aromatic rings. The first-order valence-electron chi connectivity index (χ1n) is 17.2. The fourth-order valence-corrected chi connectivity index (χ4v) is 8.04. The fraction of sp³-hybridized carbons (Fsp3) is 0.359. The zero-order valence-corrected chi connectivity index (χ0v) is 31.2. The Labute approximate surface area is 307 Å². The maximum absolute atomic E-state index is 15.1. The summed E-state index contributed by atoms with van der Waals surface area (Å²) in [6.45, 7) is 10.3. The Kier molecular flexibility index (Phi) is 9.18. The minimum Gasteiger partial charge on any atom is -0.494 e. The van der Waals surface area contributed by atoms with Gasteiger partial charge in [-0.05, 0) is 94.0 Å². The van der Waals surface area contributed by atoms with Gasteiger partial charge in [-0.1, -0.05) is 29.3 Å². The summed E-state index contributed by atoms with van der Waals surface area (Å²) in [5, 5.41) is 17.0. The number of benzene rings is 3. The van der Waals surface area contributed by atoms with Gasteiger partial charge in [-0.3, -0.25) is 9.48 Å². The fourth-order valence-electron chi connectivity index (χ4n) is 7.68. The molecule has 0 fully saturated rings. The summed E-state index contributed by atoms with van der Waals surface area (Å²) in [5.41, 5.74) is 9.21. The minimum absolute atomic E-state index is 0.0679. The number of aryl methyl sites for hydroxylation is 6. The van der Waals surface area contributed by atoms with Gasteiger partial charge >= 0.3 is 5.97 Å². The van der Waals surface area contributed by atoms with E-state index in [9.17, 15) is 9.90 Å². The summed E-state index contributed by atoms with van der Waals surface area (Å²) in [7, 11) is 3.86. The van der Waals surface area contributed by atoms with Crippen LogP contribution in [0.5, 0.6) is 11.5 Å². The Morgan fingerprint density at radius 3 is 2.43 bits per heavy atom. The zero-order chi connectivity index (χ0) is 36.3. The van der Waals surface area contributed by atoms with Crippen molar-refractivity contribution in [3.63, 3.8) is 0 Å². The SMILES string of the molecule is Cc1cc(OCCCc2c3n(c4c(-c5c(C)nn(C)c5C)c(Cl)ccc24)CCCN(c2cc(C(=O)O)cc4c2N(C)CCO4)C3=O)cc(C)c1Cl. The highest BCUT2D eigenvalue weighted by atomic mass is 35.5. The number of anilines is 2. The van der Waals surface area contributed by atoms with Crippen molar-refractivity contribution in [1.82, 2.24) is 14.3 Å². The lowest BCUT2D eigenvalue weighted by atomic mass is 9.98. The molecule has 10 nitrogen and oxygen atoms in total. The van der Waals surface area contributed by atoms with Gasteiger partial charge < -0.3 is 28.9 Å². The third-order valence-corrected chi connectivity index (χ3v) is 11.1. The molecular formula is C39H41Cl2N5O5. The predicted octanol–water partition coefficient (Wildman–Crippen LogP) is 8.17. The molecule has 4 heterocycles. The van der Waals surface area contributed by atoms with E-state index in [1.807, 2.05) is 75.6 Å². The van der Waals surface area contributed by atoms with Crippen LogP contribution in [0.3, 0.4) is 0 Å². The van der Waals surface area contributed by atoms with E-state index in [2.05, 4.69) is 4.57 Å². The van der Waals surface area contributed by atoms with Crippen molar-refractivity contribution in [3.8, 4) is 22.6 Å². The third kappa shape index (κ3) is 5.98. The van der Waals surface area contributed by atoms with Crippen LogP contribution in [0.15, 0.2) is 36.4 Å². The highest BCUT2D eigenvalue weighted by molar-refractivity contribution is 6.35. The minimum atomic E-state index is -1.08. The van der Waals surface area contributed by atoms with Crippen molar-refractivity contribution in [1.29, 1.82) is 0 Å².